The molecule has 1 aliphatic heterocycles. The molecule has 4 rings (SSSR count). The number of likely N-dealkylation sites (tertiary alicyclic amines) is 1. The lowest BCUT2D eigenvalue weighted by molar-refractivity contribution is -0.158. The van der Waals surface area contributed by atoms with Gasteiger partial charge < -0.3 is 10.2 Å². The van der Waals surface area contributed by atoms with Gasteiger partial charge >= 0.3 is 0 Å². The number of amides is 3. The van der Waals surface area contributed by atoms with Crippen LogP contribution in [-0.2, 0) is 14.4 Å². The van der Waals surface area contributed by atoms with E-state index in [4.69, 9.17) is 0 Å². The van der Waals surface area contributed by atoms with E-state index in [2.05, 4.69) is 10.3 Å². The van der Waals surface area contributed by atoms with E-state index in [1.165, 1.54) is 11.3 Å². The summed E-state index contributed by atoms with van der Waals surface area (Å²) >= 11 is 1.35. The number of carbonyl (C=O) groups excluding carboxylic acids is 3. The largest absolute Gasteiger partial charge is 0.330 e. The molecule has 3 amide bonds. The van der Waals surface area contributed by atoms with Gasteiger partial charge in [0, 0.05) is 18.1 Å². The lowest BCUT2D eigenvalue weighted by atomic mass is 9.91. The van der Waals surface area contributed by atoms with Gasteiger partial charge in [-0.25, -0.2) is 10.0 Å². The highest BCUT2D eigenvalue weighted by Gasteiger charge is 2.55. The summed E-state index contributed by atoms with van der Waals surface area (Å²) in [5.41, 5.74) is 0.0576. The third-order valence-corrected chi connectivity index (χ3v) is 7.37. The second kappa shape index (κ2) is 8.39. The van der Waals surface area contributed by atoms with E-state index in [-0.39, 0.29) is 23.8 Å². The zero-order chi connectivity index (χ0) is 20.4. The predicted octanol–water partition coefficient (Wildman–Crippen LogP) is 2.51. The van der Waals surface area contributed by atoms with Gasteiger partial charge in [-0.3, -0.25) is 19.6 Å². The molecule has 3 aliphatic rings. The molecule has 1 saturated heterocycles. The molecule has 1 aromatic rings. The van der Waals surface area contributed by atoms with E-state index in [0.29, 0.717) is 41.9 Å². The Kier molecular flexibility index (Phi) is 5.87. The Bertz CT molecular complexity index is 746. The first-order valence-corrected chi connectivity index (χ1v) is 11.3. The molecule has 2 saturated carbocycles. The van der Waals surface area contributed by atoms with Gasteiger partial charge in [-0.1, -0.05) is 25.7 Å². The van der Waals surface area contributed by atoms with Gasteiger partial charge in [0.05, 0.1) is 12.5 Å². The van der Waals surface area contributed by atoms with Crippen molar-refractivity contribution in [3.8, 4) is 0 Å². The number of hydrogen-bond acceptors (Lipinski definition) is 6. The number of thiazole rings is 1. The van der Waals surface area contributed by atoms with Gasteiger partial charge in [-0.2, -0.15) is 0 Å². The van der Waals surface area contributed by atoms with Crippen molar-refractivity contribution >= 4 is 34.7 Å². The monoisotopic (exact) mass is 420 g/mol. The minimum Gasteiger partial charge on any atom is -0.330 e. The zero-order valence-electron chi connectivity index (χ0n) is 16.5. The fraction of sp³-hybridized carbons (Fsp3) is 0.700. The molecule has 0 unspecified atom stereocenters. The SMILES string of the molecule is O=CN(O)C[C@@H](CC1CCCC1)C(=O)N1CC2(CC2)C[C@H]1C(=O)Nc1nccs1. The lowest BCUT2D eigenvalue weighted by Crippen LogP contribution is -2.48. The summed E-state index contributed by atoms with van der Waals surface area (Å²) in [6.45, 7) is 0.554. The van der Waals surface area contributed by atoms with E-state index in [1.807, 2.05) is 0 Å². The molecule has 9 heteroatoms. The zero-order valence-corrected chi connectivity index (χ0v) is 17.3. The number of hydroxylamine groups is 2. The highest BCUT2D eigenvalue weighted by atomic mass is 32.1. The fourth-order valence-electron chi connectivity index (χ4n) is 4.94. The number of anilines is 1. The molecule has 0 radical (unpaired) electrons. The molecule has 8 nitrogen and oxygen atoms in total. The fourth-order valence-corrected chi connectivity index (χ4v) is 5.47. The van der Waals surface area contributed by atoms with Crippen LogP contribution in [0.25, 0.3) is 0 Å². The van der Waals surface area contributed by atoms with Crippen LogP contribution in [0.1, 0.15) is 51.4 Å². The molecule has 1 spiro atoms. The molecule has 0 aromatic carbocycles. The average molecular weight is 421 g/mol. The Labute approximate surface area is 174 Å². The van der Waals surface area contributed by atoms with Crippen LogP contribution in [0.3, 0.4) is 0 Å². The first-order valence-electron chi connectivity index (χ1n) is 10.4. The third-order valence-electron chi connectivity index (χ3n) is 6.68. The van der Waals surface area contributed by atoms with Crippen LogP contribution in [0.5, 0.6) is 0 Å². The maximum Gasteiger partial charge on any atom is 0.248 e. The van der Waals surface area contributed by atoms with E-state index in [0.717, 1.165) is 38.5 Å². The molecule has 3 fully saturated rings. The molecule has 29 heavy (non-hydrogen) atoms. The van der Waals surface area contributed by atoms with Gasteiger partial charge in [0.1, 0.15) is 6.04 Å². The van der Waals surface area contributed by atoms with Crippen LogP contribution < -0.4 is 5.32 Å². The van der Waals surface area contributed by atoms with Crippen molar-refractivity contribution in [1.29, 1.82) is 0 Å². The average Bonchev–Trinajstić information content (AvgIpc) is 3.13. The number of hydrogen-bond donors (Lipinski definition) is 2. The van der Waals surface area contributed by atoms with E-state index < -0.39 is 12.0 Å². The summed E-state index contributed by atoms with van der Waals surface area (Å²) in [5, 5.41) is 15.5. The van der Waals surface area contributed by atoms with Crippen molar-refractivity contribution in [3.05, 3.63) is 11.6 Å². The minimum absolute atomic E-state index is 0.0247. The Morgan fingerprint density at radius 2 is 2.17 bits per heavy atom. The van der Waals surface area contributed by atoms with Crippen molar-refractivity contribution in [1.82, 2.24) is 14.9 Å². The van der Waals surface area contributed by atoms with Crippen LogP contribution in [0.4, 0.5) is 5.13 Å². The summed E-state index contributed by atoms with van der Waals surface area (Å²) in [5.74, 6) is -0.379. The Balaban J connectivity index is 1.50. The van der Waals surface area contributed by atoms with Gasteiger partial charge in [0.2, 0.25) is 18.2 Å². The molecular weight excluding hydrogens is 392 g/mol. The normalized spacial score (nSPS) is 23.9. The highest BCUT2D eigenvalue weighted by Crippen LogP contribution is 2.55. The Morgan fingerprint density at radius 1 is 1.41 bits per heavy atom. The summed E-state index contributed by atoms with van der Waals surface area (Å²) in [4.78, 5) is 43.2. The second-order valence-electron chi connectivity index (χ2n) is 8.82. The standard InChI is InChI=1S/C20H28N4O4S/c25-13-23(28)11-15(9-14-3-1-2-4-14)18(27)24-12-20(5-6-20)10-16(24)17(26)22-19-21-7-8-29-19/h7-8,13-16,28H,1-6,9-12H2,(H,21,22,26)/t15-,16+/m1/s1. The number of carbonyl (C=O) groups is 3. The van der Waals surface area contributed by atoms with Crippen LogP contribution in [-0.4, -0.2) is 57.5 Å². The molecule has 2 heterocycles. The predicted molar refractivity (Wildman–Crippen MR) is 107 cm³/mol. The Hall–Kier alpha value is -2.00. The van der Waals surface area contributed by atoms with Crippen molar-refractivity contribution in [3.63, 3.8) is 0 Å². The number of nitrogens with zero attached hydrogens (tertiary/aromatic N) is 3. The maximum absolute atomic E-state index is 13.5. The molecule has 2 aliphatic carbocycles. The molecule has 0 bridgehead atoms. The smallest absolute Gasteiger partial charge is 0.248 e. The summed E-state index contributed by atoms with van der Waals surface area (Å²) in [6.07, 6.45) is 9.83. The van der Waals surface area contributed by atoms with E-state index >= 15 is 0 Å². The second-order valence-corrected chi connectivity index (χ2v) is 9.72. The van der Waals surface area contributed by atoms with Gasteiger partial charge in [0.25, 0.3) is 0 Å². The van der Waals surface area contributed by atoms with Gasteiger partial charge in [-0.15, -0.1) is 11.3 Å². The lowest BCUT2D eigenvalue weighted by Gasteiger charge is -2.30. The summed E-state index contributed by atoms with van der Waals surface area (Å²) in [6, 6.07) is -0.525. The first-order chi connectivity index (χ1) is 14.0. The summed E-state index contributed by atoms with van der Waals surface area (Å²) in [7, 11) is 0. The molecular formula is C20H28N4O4S. The number of aromatic nitrogens is 1. The molecule has 1 aromatic heterocycles. The van der Waals surface area contributed by atoms with E-state index in [1.54, 1.807) is 16.5 Å². The first kappa shape index (κ1) is 20.3. The maximum atomic E-state index is 13.5. The van der Waals surface area contributed by atoms with E-state index in [9.17, 15) is 19.6 Å². The van der Waals surface area contributed by atoms with Gasteiger partial charge in [-0.05, 0) is 37.0 Å². The van der Waals surface area contributed by atoms with Crippen molar-refractivity contribution in [2.75, 3.05) is 18.4 Å². The van der Waals surface area contributed by atoms with Crippen LogP contribution in [0.2, 0.25) is 0 Å². The van der Waals surface area contributed by atoms with Crippen LogP contribution in [0, 0.1) is 17.3 Å². The molecule has 158 valence electrons. The highest BCUT2D eigenvalue weighted by molar-refractivity contribution is 7.13. The van der Waals surface area contributed by atoms with Crippen molar-refractivity contribution in [2.45, 2.75) is 57.4 Å². The molecule has 2 atom stereocenters. The number of nitrogens with one attached hydrogen (secondary N) is 1. The number of rotatable bonds is 8. The summed E-state index contributed by atoms with van der Waals surface area (Å²) < 4.78 is 0. The van der Waals surface area contributed by atoms with Crippen molar-refractivity contribution < 1.29 is 19.6 Å². The Morgan fingerprint density at radius 3 is 2.79 bits per heavy atom. The van der Waals surface area contributed by atoms with Crippen LogP contribution in [0.15, 0.2) is 11.6 Å². The van der Waals surface area contributed by atoms with Crippen LogP contribution >= 0.6 is 11.3 Å². The minimum atomic E-state index is -0.525. The third kappa shape index (κ3) is 4.61. The van der Waals surface area contributed by atoms with Gasteiger partial charge in [0.15, 0.2) is 5.13 Å². The molecule has 2 N–H and O–H groups in total. The van der Waals surface area contributed by atoms with Crippen molar-refractivity contribution in [2.24, 2.45) is 17.3 Å². The quantitative estimate of drug-likeness (QED) is 0.382. The topological polar surface area (TPSA) is 103 Å².